The number of hydrogen-bond donors (Lipinski definition) is 1. The maximum atomic E-state index is 12.5. The Kier molecular flexibility index (Phi) is 6.55. The van der Waals surface area contributed by atoms with E-state index in [9.17, 15) is 4.79 Å². The van der Waals surface area contributed by atoms with Crippen molar-refractivity contribution in [2.75, 3.05) is 5.32 Å². The lowest BCUT2D eigenvalue weighted by Crippen LogP contribution is -2.11. The molecule has 31 heavy (non-hydrogen) atoms. The third kappa shape index (κ3) is 5.66. The van der Waals surface area contributed by atoms with Crippen molar-refractivity contribution < 1.29 is 9.53 Å². The smallest absolute Gasteiger partial charge is 0.255 e. The SMILES string of the molecule is O=C(Nc1cnn(Cc2ccccc2Cl)c1)c1ccc(COc2cccc(Cl)c2)cc1. The molecule has 0 aliphatic carbocycles. The van der Waals surface area contributed by atoms with Crippen LogP contribution in [0.2, 0.25) is 10.0 Å². The molecule has 156 valence electrons. The fourth-order valence-electron chi connectivity index (χ4n) is 2.99. The topological polar surface area (TPSA) is 56.2 Å². The summed E-state index contributed by atoms with van der Waals surface area (Å²) in [7, 11) is 0. The van der Waals surface area contributed by atoms with Crippen molar-refractivity contribution in [3.8, 4) is 5.75 Å². The van der Waals surface area contributed by atoms with Crippen LogP contribution in [-0.4, -0.2) is 15.7 Å². The van der Waals surface area contributed by atoms with Crippen LogP contribution in [-0.2, 0) is 13.2 Å². The summed E-state index contributed by atoms with van der Waals surface area (Å²) < 4.78 is 7.45. The summed E-state index contributed by atoms with van der Waals surface area (Å²) in [6.45, 7) is 0.911. The van der Waals surface area contributed by atoms with Crippen LogP contribution >= 0.6 is 23.2 Å². The Morgan fingerprint density at radius 3 is 2.58 bits per heavy atom. The molecule has 4 rings (SSSR count). The maximum absolute atomic E-state index is 12.5. The van der Waals surface area contributed by atoms with Crippen molar-refractivity contribution in [2.45, 2.75) is 13.2 Å². The Morgan fingerprint density at radius 2 is 1.81 bits per heavy atom. The molecule has 1 heterocycles. The molecule has 1 N–H and O–H groups in total. The van der Waals surface area contributed by atoms with E-state index in [-0.39, 0.29) is 5.91 Å². The summed E-state index contributed by atoms with van der Waals surface area (Å²) in [4.78, 5) is 12.5. The minimum Gasteiger partial charge on any atom is -0.489 e. The van der Waals surface area contributed by atoms with E-state index in [0.717, 1.165) is 11.1 Å². The number of anilines is 1. The molecule has 0 fully saturated rings. The Morgan fingerprint density at radius 1 is 1.00 bits per heavy atom. The third-order valence-corrected chi connectivity index (χ3v) is 5.20. The Hall–Kier alpha value is -3.28. The van der Waals surface area contributed by atoms with Crippen molar-refractivity contribution in [1.29, 1.82) is 0 Å². The zero-order chi connectivity index (χ0) is 21.6. The lowest BCUT2D eigenvalue weighted by atomic mass is 10.1. The molecule has 0 spiro atoms. The predicted molar refractivity (Wildman–Crippen MR) is 123 cm³/mol. The van der Waals surface area contributed by atoms with Gasteiger partial charge in [0.05, 0.1) is 18.4 Å². The van der Waals surface area contributed by atoms with Crippen molar-refractivity contribution in [3.63, 3.8) is 0 Å². The summed E-state index contributed by atoms with van der Waals surface area (Å²) in [5.74, 6) is 0.489. The number of aromatic nitrogens is 2. The quantitative estimate of drug-likeness (QED) is 0.370. The number of nitrogens with one attached hydrogen (secondary N) is 1. The largest absolute Gasteiger partial charge is 0.489 e. The molecular weight excluding hydrogens is 433 g/mol. The molecule has 3 aromatic carbocycles. The highest BCUT2D eigenvalue weighted by atomic mass is 35.5. The van der Waals surface area contributed by atoms with E-state index in [1.54, 1.807) is 41.3 Å². The molecular formula is C24H19Cl2N3O2. The molecule has 0 bridgehead atoms. The Bertz CT molecular complexity index is 1190. The van der Waals surface area contributed by atoms with E-state index < -0.39 is 0 Å². The normalized spacial score (nSPS) is 10.6. The van der Waals surface area contributed by atoms with Gasteiger partial charge >= 0.3 is 0 Å². The summed E-state index contributed by atoms with van der Waals surface area (Å²) >= 11 is 12.2. The van der Waals surface area contributed by atoms with Gasteiger partial charge in [0.2, 0.25) is 0 Å². The molecule has 7 heteroatoms. The van der Waals surface area contributed by atoms with Crippen molar-refractivity contribution in [3.05, 3.63) is 112 Å². The van der Waals surface area contributed by atoms with Gasteiger partial charge in [-0.1, -0.05) is 59.6 Å². The molecule has 0 aliphatic rings. The number of carbonyl (C=O) groups excluding carboxylic acids is 1. The van der Waals surface area contributed by atoms with Gasteiger partial charge < -0.3 is 10.1 Å². The van der Waals surface area contributed by atoms with Gasteiger partial charge in [0.1, 0.15) is 12.4 Å². The summed E-state index contributed by atoms with van der Waals surface area (Å²) in [5.41, 5.74) is 3.07. The standard InChI is InChI=1S/C24H19Cl2N3O2/c25-20-5-3-6-22(12-20)31-16-17-8-10-18(11-9-17)24(30)28-21-13-27-29(15-21)14-19-4-1-2-7-23(19)26/h1-13,15H,14,16H2,(H,28,30). The van der Waals surface area contributed by atoms with E-state index in [1.807, 2.05) is 48.5 Å². The average molecular weight is 452 g/mol. The van der Waals surface area contributed by atoms with Crippen LogP contribution in [0.4, 0.5) is 5.69 Å². The zero-order valence-electron chi connectivity index (χ0n) is 16.5. The van der Waals surface area contributed by atoms with Gasteiger partial charge in [0, 0.05) is 21.8 Å². The van der Waals surface area contributed by atoms with Crippen LogP contribution < -0.4 is 10.1 Å². The van der Waals surface area contributed by atoms with E-state index in [0.29, 0.717) is 40.2 Å². The first-order valence-electron chi connectivity index (χ1n) is 9.61. The second-order valence-corrected chi connectivity index (χ2v) is 7.76. The molecule has 1 amide bonds. The average Bonchev–Trinajstić information content (AvgIpc) is 3.21. The molecule has 5 nitrogen and oxygen atoms in total. The molecule has 0 unspecified atom stereocenters. The number of rotatable bonds is 7. The lowest BCUT2D eigenvalue weighted by molar-refractivity contribution is 0.102. The highest BCUT2D eigenvalue weighted by Gasteiger charge is 2.09. The molecule has 0 atom stereocenters. The lowest BCUT2D eigenvalue weighted by Gasteiger charge is -2.08. The third-order valence-electron chi connectivity index (χ3n) is 4.60. The molecule has 4 aromatic rings. The molecule has 1 aromatic heterocycles. The van der Waals surface area contributed by atoms with Crippen molar-refractivity contribution in [1.82, 2.24) is 9.78 Å². The van der Waals surface area contributed by atoms with E-state index in [1.165, 1.54) is 0 Å². The van der Waals surface area contributed by atoms with E-state index >= 15 is 0 Å². The summed E-state index contributed by atoms with van der Waals surface area (Å²) in [5, 5.41) is 8.46. The zero-order valence-corrected chi connectivity index (χ0v) is 18.0. The van der Waals surface area contributed by atoms with Crippen LogP contribution in [0.1, 0.15) is 21.5 Å². The van der Waals surface area contributed by atoms with Crippen LogP contribution in [0.25, 0.3) is 0 Å². The van der Waals surface area contributed by atoms with Gasteiger partial charge in [-0.2, -0.15) is 5.10 Å². The minimum absolute atomic E-state index is 0.209. The fraction of sp³-hybridized carbons (Fsp3) is 0.0833. The molecule has 0 saturated carbocycles. The van der Waals surface area contributed by atoms with E-state index in [4.69, 9.17) is 27.9 Å². The second kappa shape index (κ2) is 9.69. The van der Waals surface area contributed by atoms with Crippen molar-refractivity contribution >= 4 is 34.8 Å². The van der Waals surface area contributed by atoms with Crippen molar-refractivity contribution in [2.24, 2.45) is 0 Å². The number of carbonyl (C=O) groups is 1. The number of benzene rings is 3. The first-order chi connectivity index (χ1) is 15.1. The predicted octanol–water partition coefficient (Wildman–Crippen LogP) is 6.07. The maximum Gasteiger partial charge on any atom is 0.255 e. The van der Waals surface area contributed by atoms with E-state index in [2.05, 4.69) is 10.4 Å². The Balaban J connectivity index is 1.33. The highest BCUT2D eigenvalue weighted by Crippen LogP contribution is 2.19. The first kappa shape index (κ1) is 21.0. The summed E-state index contributed by atoms with van der Waals surface area (Å²) in [6.07, 6.45) is 3.39. The minimum atomic E-state index is -0.209. The van der Waals surface area contributed by atoms with Crippen LogP contribution in [0, 0.1) is 0 Å². The number of amides is 1. The van der Waals surface area contributed by atoms with Gasteiger partial charge in [-0.3, -0.25) is 9.48 Å². The van der Waals surface area contributed by atoms with Gasteiger partial charge in [0.25, 0.3) is 5.91 Å². The number of nitrogens with zero attached hydrogens (tertiary/aromatic N) is 2. The van der Waals surface area contributed by atoms with Gasteiger partial charge in [-0.15, -0.1) is 0 Å². The molecule has 0 radical (unpaired) electrons. The Labute approximate surface area is 190 Å². The number of halogens is 2. The monoisotopic (exact) mass is 451 g/mol. The second-order valence-electron chi connectivity index (χ2n) is 6.92. The molecule has 0 aliphatic heterocycles. The first-order valence-corrected chi connectivity index (χ1v) is 10.4. The summed E-state index contributed by atoms with van der Waals surface area (Å²) in [6, 6.07) is 22.1. The van der Waals surface area contributed by atoms with Gasteiger partial charge in [-0.05, 0) is 47.5 Å². The van der Waals surface area contributed by atoms with Gasteiger partial charge in [0.15, 0.2) is 0 Å². The van der Waals surface area contributed by atoms with Crippen LogP contribution in [0.15, 0.2) is 85.2 Å². The highest BCUT2D eigenvalue weighted by molar-refractivity contribution is 6.31. The number of ether oxygens (including phenoxy) is 1. The van der Waals surface area contributed by atoms with Gasteiger partial charge in [-0.25, -0.2) is 0 Å². The van der Waals surface area contributed by atoms with Crippen LogP contribution in [0.5, 0.6) is 5.75 Å². The number of hydrogen-bond acceptors (Lipinski definition) is 3. The van der Waals surface area contributed by atoms with Crippen LogP contribution in [0.3, 0.4) is 0 Å². The fourth-order valence-corrected chi connectivity index (χ4v) is 3.37. The molecule has 0 saturated heterocycles.